The molecule has 0 heterocycles. The summed E-state index contributed by atoms with van der Waals surface area (Å²) in [5, 5.41) is 3.09. The van der Waals surface area contributed by atoms with Crippen molar-refractivity contribution in [1.82, 2.24) is 10.2 Å². The van der Waals surface area contributed by atoms with Crippen molar-refractivity contribution in [3.05, 3.63) is 35.5 Å². The number of hydrogen-bond donors (Lipinski definition) is 2. The number of ether oxygens (including phenoxy) is 1. The molecule has 3 N–H and O–H groups in total. The first-order chi connectivity index (χ1) is 9.49. The van der Waals surface area contributed by atoms with Crippen LogP contribution in [0.1, 0.15) is 12.0 Å². The summed E-state index contributed by atoms with van der Waals surface area (Å²) in [4.78, 5) is 13.8. The van der Waals surface area contributed by atoms with Gasteiger partial charge in [-0.3, -0.25) is 4.79 Å². The maximum Gasteiger partial charge on any atom is 0.251 e. The van der Waals surface area contributed by atoms with E-state index in [0.717, 1.165) is 30.0 Å². The highest BCUT2D eigenvalue weighted by atomic mass is 16.5. The minimum Gasteiger partial charge on any atom is -0.497 e. The van der Waals surface area contributed by atoms with Crippen molar-refractivity contribution in [3.8, 4) is 5.75 Å². The topological polar surface area (TPSA) is 67.6 Å². The Labute approximate surface area is 120 Å². The van der Waals surface area contributed by atoms with Crippen LogP contribution >= 0.6 is 0 Å². The quantitative estimate of drug-likeness (QED) is 0.731. The van der Waals surface area contributed by atoms with Gasteiger partial charge in [0, 0.05) is 25.7 Å². The summed E-state index contributed by atoms with van der Waals surface area (Å²) < 4.78 is 5.12. The van der Waals surface area contributed by atoms with Gasteiger partial charge in [-0.1, -0.05) is 12.1 Å². The number of primary amides is 1. The minimum atomic E-state index is -0.432. The fourth-order valence-electron chi connectivity index (χ4n) is 1.93. The van der Waals surface area contributed by atoms with Crippen LogP contribution in [0, 0.1) is 0 Å². The van der Waals surface area contributed by atoms with Gasteiger partial charge < -0.3 is 20.7 Å². The van der Waals surface area contributed by atoms with E-state index in [1.165, 1.54) is 0 Å². The minimum absolute atomic E-state index is 0.432. The molecule has 0 aliphatic carbocycles. The number of nitrogens with two attached hydrogens (primary N) is 1. The van der Waals surface area contributed by atoms with Gasteiger partial charge in [0.1, 0.15) is 5.75 Å². The molecule has 5 heteroatoms. The van der Waals surface area contributed by atoms with E-state index in [2.05, 4.69) is 10.2 Å². The summed E-state index contributed by atoms with van der Waals surface area (Å²) in [5.41, 5.74) is 7.70. The number of carbonyl (C=O) groups excluding carboxylic acids is 1. The monoisotopic (exact) mass is 277 g/mol. The van der Waals surface area contributed by atoms with Gasteiger partial charge in [0.15, 0.2) is 0 Å². The van der Waals surface area contributed by atoms with E-state index >= 15 is 0 Å². The first kappa shape index (κ1) is 16.0. The highest BCUT2D eigenvalue weighted by molar-refractivity contribution is 6.19. The van der Waals surface area contributed by atoms with Crippen molar-refractivity contribution in [2.75, 3.05) is 34.8 Å². The van der Waals surface area contributed by atoms with E-state index in [9.17, 15) is 4.79 Å². The lowest BCUT2D eigenvalue weighted by Gasteiger charge is -2.16. The molecule has 0 aliphatic rings. The maximum absolute atomic E-state index is 11.8. The van der Waals surface area contributed by atoms with Crippen molar-refractivity contribution in [2.24, 2.45) is 5.73 Å². The average Bonchev–Trinajstić information content (AvgIpc) is 2.43. The van der Waals surface area contributed by atoms with E-state index in [-0.39, 0.29) is 0 Å². The third-order valence-electron chi connectivity index (χ3n) is 3.04. The second kappa shape index (κ2) is 7.55. The lowest BCUT2D eigenvalue weighted by atomic mass is 10.0. The third kappa shape index (κ3) is 4.28. The largest absolute Gasteiger partial charge is 0.497 e. The molecule has 20 heavy (non-hydrogen) atoms. The van der Waals surface area contributed by atoms with Crippen LogP contribution in [0.5, 0.6) is 5.75 Å². The number of benzene rings is 1. The Kier molecular flexibility index (Phi) is 6.06. The van der Waals surface area contributed by atoms with Crippen molar-refractivity contribution < 1.29 is 9.53 Å². The molecule has 0 radical (unpaired) electrons. The van der Waals surface area contributed by atoms with E-state index in [0.29, 0.717) is 5.57 Å². The predicted octanol–water partition coefficient (Wildman–Crippen LogP) is 1.06. The second-order valence-corrected chi connectivity index (χ2v) is 4.75. The van der Waals surface area contributed by atoms with Gasteiger partial charge in [0.25, 0.3) is 5.91 Å². The molecule has 0 fully saturated rings. The standard InChI is InChI=1S/C15H23N3O2/c1-17-13(9-10-18(2)3)14(15(16)19)11-5-7-12(20-4)8-6-11/h5-8,17H,9-10H2,1-4H3,(H2,16,19). The van der Waals surface area contributed by atoms with Gasteiger partial charge in [-0.25, -0.2) is 0 Å². The van der Waals surface area contributed by atoms with Crippen molar-refractivity contribution in [3.63, 3.8) is 0 Å². The van der Waals surface area contributed by atoms with Crippen molar-refractivity contribution >= 4 is 11.5 Å². The van der Waals surface area contributed by atoms with Crippen LogP contribution in [0.2, 0.25) is 0 Å². The molecule has 0 bridgehead atoms. The maximum atomic E-state index is 11.8. The van der Waals surface area contributed by atoms with Crippen LogP contribution in [0.15, 0.2) is 30.0 Å². The molecule has 0 atom stereocenters. The zero-order valence-corrected chi connectivity index (χ0v) is 12.6. The lowest BCUT2D eigenvalue weighted by Crippen LogP contribution is -2.23. The molecule has 110 valence electrons. The molecule has 0 aliphatic heterocycles. The number of nitrogens with zero attached hydrogens (tertiary/aromatic N) is 1. The van der Waals surface area contributed by atoms with Crippen LogP contribution in [0.25, 0.3) is 5.57 Å². The van der Waals surface area contributed by atoms with Gasteiger partial charge in [-0.15, -0.1) is 0 Å². The number of amides is 1. The van der Waals surface area contributed by atoms with Crippen LogP contribution in [-0.4, -0.2) is 45.6 Å². The number of hydrogen-bond acceptors (Lipinski definition) is 4. The SMILES string of the molecule is CNC(CCN(C)C)=C(C(N)=O)c1ccc(OC)cc1. The highest BCUT2D eigenvalue weighted by Crippen LogP contribution is 2.22. The molecule has 1 aromatic carbocycles. The predicted molar refractivity (Wildman–Crippen MR) is 81.3 cm³/mol. The molecule has 1 amide bonds. The number of nitrogens with one attached hydrogen (secondary N) is 1. The zero-order chi connectivity index (χ0) is 15.1. The summed E-state index contributed by atoms with van der Waals surface area (Å²) in [6, 6.07) is 7.31. The lowest BCUT2D eigenvalue weighted by molar-refractivity contribution is -0.112. The van der Waals surface area contributed by atoms with E-state index in [4.69, 9.17) is 10.5 Å². The Morgan fingerprint density at radius 2 is 1.90 bits per heavy atom. The average molecular weight is 277 g/mol. The normalized spacial score (nSPS) is 12.1. The molecule has 0 saturated heterocycles. The fourth-order valence-corrected chi connectivity index (χ4v) is 1.93. The van der Waals surface area contributed by atoms with Crippen LogP contribution < -0.4 is 15.8 Å². The molecular formula is C15H23N3O2. The molecule has 0 unspecified atom stereocenters. The molecule has 5 nitrogen and oxygen atoms in total. The Morgan fingerprint density at radius 3 is 2.30 bits per heavy atom. The number of carbonyl (C=O) groups is 1. The first-order valence-corrected chi connectivity index (χ1v) is 6.49. The summed E-state index contributed by atoms with van der Waals surface area (Å²) in [7, 11) is 7.39. The summed E-state index contributed by atoms with van der Waals surface area (Å²) in [5.74, 6) is 0.315. The molecule has 0 spiro atoms. The third-order valence-corrected chi connectivity index (χ3v) is 3.04. The Hall–Kier alpha value is -2.01. The molecule has 1 aromatic rings. The summed E-state index contributed by atoms with van der Waals surface area (Å²) in [6.07, 6.45) is 0.730. The second-order valence-electron chi connectivity index (χ2n) is 4.75. The summed E-state index contributed by atoms with van der Waals surface area (Å²) in [6.45, 7) is 0.836. The molecule has 1 rings (SSSR count). The molecular weight excluding hydrogens is 254 g/mol. The Morgan fingerprint density at radius 1 is 1.30 bits per heavy atom. The van der Waals surface area contributed by atoms with Gasteiger partial charge in [-0.05, 0) is 31.8 Å². The number of rotatable bonds is 7. The van der Waals surface area contributed by atoms with Gasteiger partial charge in [0.2, 0.25) is 0 Å². The van der Waals surface area contributed by atoms with Gasteiger partial charge in [-0.2, -0.15) is 0 Å². The molecule has 0 aromatic heterocycles. The highest BCUT2D eigenvalue weighted by Gasteiger charge is 2.14. The van der Waals surface area contributed by atoms with E-state index < -0.39 is 5.91 Å². The summed E-state index contributed by atoms with van der Waals surface area (Å²) >= 11 is 0. The van der Waals surface area contributed by atoms with Crippen LogP contribution in [0.3, 0.4) is 0 Å². The van der Waals surface area contributed by atoms with Gasteiger partial charge >= 0.3 is 0 Å². The van der Waals surface area contributed by atoms with E-state index in [1.807, 2.05) is 38.4 Å². The Balaban J connectivity index is 3.14. The van der Waals surface area contributed by atoms with E-state index in [1.54, 1.807) is 14.2 Å². The van der Waals surface area contributed by atoms with Crippen molar-refractivity contribution in [1.29, 1.82) is 0 Å². The van der Waals surface area contributed by atoms with Gasteiger partial charge in [0.05, 0.1) is 12.7 Å². The van der Waals surface area contributed by atoms with Crippen molar-refractivity contribution in [2.45, 2.75) is 6.42 Å². The zero-order valence-electron chi connectivity index (χ0n) is 12.6. The fraction of sp³-hybridized carbons (Fsp3) is 0.400. The number of methoxy groups -OCH3 is 1. The Bertz CT molecular complexity index is 478. The smallest absolute Gasteiger partial charge is 0.251 e. The van der Waals surface area contributed by atoms with Crippen LogP contribution in [0.4, 0.5) is 0 Å². The van der Waals surface area contributed by atoms with Crippen LogP contribution in [-0.2, 0) is 4.79 Å². The first-order valence-electron chi connectivity index (χ1n) is 6.49. The molecule has 0 saturated carbocycles.